The Morgan fingerprint density at radius 2 is 1.92 bits per heavy atom. The molecule has 2 heterocycles. The Bertz CT molecular complexity index is 1420. The number of rotatable bonds is 8. The van der Waals surface area contributed by atoms with E-state index in [1.165, 1.54) is 30.3 Å². The first-order valence-electron chi connectivity index (χ1n) is 11.3. The van der Waals surface area contributed by atoms with E-state index in [1.54, 1.807) is 37.4 Å². The first-order chi connectivity index (χ1) is 17.7. The Labute approximate surface area is 223 Å². The molecule has 4 rings (SSSR count). The van der Waals surface area contributed by atoms with Crippen LogP contribution in [-0.4, -0.2) is 41.7 Å². The lowest BCUT2D eigenvalue weighted by atomic mass is 10.0. The number of fused-ring (bicyclic) bond motifs is 1. The Hall–Kier alpha value is -3.69. The molecule has 0 fully saturated rings. The fourth-order valence-electron chi connectivity index (χ4n) is 4.44. The number of carbonyl (C=O) groups is 2. The molecule has 192 valence electrons. The van der Waals surface area contributed by atoms with Gasteiger partial charge in [0.15, 0.2) is 23.1 Å². The van der Waals surface area contributed by atoms with Crippen molar-refractivity contribution >= 4 is 46.9 Å². The van der Waals surface area contributed by atoms with E-state index in [-0.39, 0.29) is 28.2 Å². The normalized spacial score (nSPS) is 15.8. The van der Waals surface area contributed by atoms with Crippen LogP contribution < -0.4 is 10.2 Å². The van der Waals surface area contributed by atoms with Crippen molar-refractivity contribution in [3.05, 3.63) is 93.1 Å². The molecule has 8 nitrogen and oxygen atoms in total. The molecular formula is C26H24Cl2FN5O3. The average Bonchev–Trinajstić information content (AvgIpc) is 3.39. The third kappa shape index (κ3) is 4.60. The van der Waals surface area contributed by atoms with Gasteiger partial charge in [0.2, 0.25) is 6.41 Å². The number of benzene rings is 2. The quantitative estimate of drug-likeness (QED) is 0.237. The van der Waals surface area contributed by atoms with Crippen molar-refractivity contribution in [2.24, 2.45) is 4.99 Å². The highest BCUT2D eigenvalue weighted by Gasteiger charge is 2.46. The molecule has 2 amide bonds. The standard InChI is InChI=1S/C26H24Cl2FN5O3/c1-14(2)33-24-22(32-25(33)21(30-3)19(37-4)12-31-13-35)26(36)34(18-7-5-6-17(28)20(18)29)23(24)15-8-10-16(27)11-9-15/h5-14,23H,1-4H3,(H,31,35)/b19-12+,30-21?. The third-order valence-corrected chi connectivity index (χ3v) is 6.49. The van der Waals surface area contributed by atoms with E-state index >= 15 is 4.39 Å². The molecule has 0 saturated heterocycles. The van der Waals surface area contributed by atoms with E-state index < -0.39 is 17.8 Å². The minimum Gasteiger partial charge on any atom is -0.493 e. The summed E-state index contributed by atoms with van der Waals surface area (Å²) in [6.45, 7) is 3.87. The molecule has 37 heavy (non-hydrogen) atoms. The minimum atomic E-state index is -0.738. The molecule has 3 aromatic rings. The molecule has 0 spiro atoms. The predicted molar refractivity (Wildman–Crippen MR) is 141 cm³/mol. The zero-order valence-electron chi connectivity index (χ0n) is 20.5. The van der Waals surface area contributed by atoms with Gasteiger partial charge in [-0.3, -0.25) is 19.5 Å². The first-order valence-corrected chi connectivity index (χ1v) is 12.1. The number of halogens is 3. The number of amides is 2. The van der Waals surface area contributed by atoms with Gasteiger partial charge in [-0.1, -0.05) is 41.4 Å². The van der Waals surface area contributed by atoms with Crippen LogP contribution in [0.3, 0.4) is 0 Å². The number of carbonyl (C=O) groups excluding carboxylic acids is 2. The SMILES string of the molecule is CN=C(/C(=C\NC=O)OC)c1nc2c(n1C(C)C)C(c1ccc(Cl)cc1)N(c1cccc(Cl)c1F)C2=O. The number of nitrogens with one attached hydrogen (secondary N) is 1. The second-order valence-electron chi connectivity index (χ2n) is 8.40. The monoisotopic (exact) mass is 543 g/mol. The van der Waals surface area contributed by atoms with Gasteiger partial charge in [0.25, 0.3) is 5.91 Å². The molecule has 1 unspecified atom stereocenters. The van der Waals surface area contributed by atoms with Crippen molar-refractivity contribution in [1.82, 2.24) is 14.9 Å². The van der Waals surface area contributed by atoms with Gasteiger partial charge < -0.3 is 14.6 Å². The van der Waals surface area contributed by atoms with Crippen molar-refractivity contribution < 1.29 is 18.7 Å². The highest BCUT2D eigenvalue weighted by Crippen LogP contribution is 2.45. The number of ether oxygens (including phenoxy) is 1. The van der Waals surface area contributed by atoms with E-state index in [4.69, 9.17) is 27.9 Å². The number of aliphatic imine (C=N–C) groups is 1. The maximum absolute atomic E-state index is 15.2. The Morgan fingerprint density at radius 1 is 1.22 bits per heavy atom. The zero-order valence-corrected chi connectivity index (χ0v) is 22.0. The van der Waals surface area contributed by atoms with Gasteiger partial charge in [-0.15, -0.1) is 0 Å². The van der Waals surface area contributed by atoms with Crippen molar-refractivity contribution in [2.45, 2.75) is 25.9 Å². The van der Waals surface area contributed by atoms with Gasteiger partial charge in [-0.2, -0.15) is 0 Å². The van der Waals surface area contributed by atoms with Gasteiger partial charge in [-0.05, 0) is 43.7 Å². The summed E-state index contributed by atoms with van der Waals surface area (Å²) < 4.78 is 22.6. The van der Waals surface area contributed by atoms with Crippen LogP contribution in [0.15, 0.2) is 59.4 Å². The molecule has 0 radical (unpaired) electrons. The smallest absolute Gasteiger partial charge is 0.279 e. The highest BCUT2D eigenvalue weighted by atomic mass is 35.5. The number of anilines is 1. The van der Waals surface area contributed by atoms with Crippen LogP contribution in [0.4, 0.5) is 10.1 Å². The van der Waals surface area contributed by atoms with Gasteiger partial charge in [0.05, 0.1) is 23.5 Å². The van der Waals surface area contributed by atoms with E-state index in [0.29, 0.717) is 34.2 Å². The van der Waals surface area contributed by atoms with Crippen LogP contribution in [0.25, 0.3) is 0 Å². The van der Waals surface area contributed by atoms with Crippen LogP contribution in [0.5, 0.6) is 0 Å². The van der Waals surface area contributed by atoms with Crippen LogP contribution >= 0.6 is 23.2 Å². The van der Waals surface area contributed by atoms with Crippen molar-refractivity contribution in [1.29, 1.82) is 0 Å². The van der Waals surface area contributed by atoms with Crippen molar-refractivity contribution in [3.8, 4) is 0 Å². The molecule has 1 N–H and O–H groups in total. The average molecular weight is 544 g/mol. The van der Waals surface area contributed by atoms with Gasteiger partial charge in [0.1, 0.15) is 11.8 Å². The van der Waals surface area contributed by atoms with Gasteiger partial charge in [-0.25, -0.2) is 9.37 Å². The summed E-state index contributed by atoms with van der Waals surface area (Å²) in [5.74, 6) is -0.602. The predicted octanol–water partition coefficient (Wildman–Crippen LogP) is 5.31. The second kappa shape index (κ2) is 10.7. The number of imidazole rings is 1. The third-order valence-electron chi connectivity index (χ3n) is 5.95. The molecule has 11 heteroatoms. The van der Waals surface area contributed by atoms with Crippen molar-refractivity contribution in [2.75, 3.05) is 19.1 Å². The summed E-state index contributed by atoms with van der Waals surface area (Å²) in [5, 5.41) is 2.86. The Morgan fingerprint density at radius 3 is 2.51 bits per heavy atom. The summed E-state index contributed by atoms with van der Waals surface area (Å²) in [7, 11) is 2.99. The lowest BCUT2D eigenvalue weighted by Crippen LogP contribution is -2.32. The largest absolute Gasteiger partial charge is 0.493 e. The number of aromatic nitrogens is 2. The minimum absolute atomic E-state index is 0.0318. The molecule has 1 aliphatic rings. The van der Waals surface area contributed by atoms with Crippen LogP contribution in [0.2, 0.25) is 10.0 Å². The van der Waals surface area contributed by atoms with Crippen LogP contribution in [0, 0.1) is 5.82 Å². The van der Waals surface area contributed by atoms with E-state index in [0.717, 1.165) is 0 Å². The van der Waals surface area contributed by atoms with Crippen LogP contribution in [0.1, 0.15) is 53.5 Å². The summed E-state index contributed by atoms with van der Waals surface area (Å²) in [6.07, 6.45) is 1.85. The Kier molecular flexibility index (Phi) is 7.65. The van der Waals surface area contributed by atoms with Crippen molar-refractivity contribution in [3.63, 3.8) is 0 Å². The Balaban J connectivity index is 2.01. The van der Waals surface area contributed by atoms with Crippen LogP contribution in [-0.2, 0) is 9.53 Å². The second-order valence-corrected chi connectivity index (χ2v) is 9.25. The van der Waals surface area contributed by atoms with Gasteiger partial charge >= 0.3 is 0 Å². The molecule has 1 aliphatic heterocycles. The van der Waals surface area contributed by atoms with E-state index in [9.17, 15) is 9.59 Å². The molecule has 0 aliphatic carbocycles. The highest BCUT2D eigenvalue weighted by molar-refractivity contribution is 6.31. The summed E-state index contributed by atoms with van der Waals surface area (Å²) in [6, 6.07) is 10.6. The number of allylic oxidation sites excluding steroid dienone is 1. The molecule has 0 bridgehead atoms. The summed E-state index contributed by atoms with van der Waals surface area (Å²) >= 11 is 12.2. The molecule has 1 aromatic heterocycles. The van der Waals surface area contributed by atoms with E-state index in [1.807, 2.05) is 18.4 Å². The number of nitrogens with zero attached hydrogens (tertiary/aromatic N) is 4. The summed E-state index contributed by atoms with van der Waals surface area (Å²) in [4.78, 5) is 35.2. The lowest BCUT2D eigenvalue weighted by molar-refractivity contribution is -0.108. The number of hydrogen-bond donors (Lipinski definition) is 1. The summed E-state index contributed by atoms with van der Waals surface area (Å²) in [5.41, 5.74) is 1.75. The molecule has 1 atom stereocenters. The molecule has 2 aromatic carbocycles. The number of hydrogen-bond acceptors (Lipinski definition) is 5. The fraction of sp³-hybridized carbons (Fsp3) is 0.231. The zero-order chi connectivity index (χ0) is 26.9. The first kappa shape index (κ1) is 26.4. The maximum atomic E-state index is 15.2. The number of methoxy groups -OCH3 is 1. The fourth-order valence-corrected chi connectivity index (χ4v) is 4.74. The molecule has 0 saturated carbocycles. The van der Waals surface area contributed by atoms with Gasteiger partial charge in [0, 0.05) is 24.3 Å². The maximum Gasteiger partial charge on any atom is 0.279 e. The van der Waals surface area contributed by atoms with E-state index in [2.05, 4.69) is 15.3 Å². The topological polar surface area (TPSA) is 88.8 Å². The molecular weight excluding hydrogens is 520 g/mol. The lowest BCUT2D eigenvalue weighted by Gasteiger charge is -2.29.